The molecule has 350 valence electrons. The number of carbonyl (C=O) groups is 3. The molecular formula is C49H70FNO12. The van der Waals surface area contributed by atoms with E-state index in [1.165, 1.54) is 12.1 Å². The summed E-state index contributed by atoms with van der Waals surface area (Å²) in [5.41, 5.74) is 0.553. The summed E-state index contributed by atoms with van der Waals surface area (Å²) in [5.74, 6) is 0.734. The van der Waals surface area contributed by atoms with Crippen LogP contribution in [-0.2, 0) is 16.1 Å². The third-order valence-corrected chi connectivity index (χ3v) is 9.43. The van der Waals surface area contributed by atoms with Crippen LogP contribution in [0.25, 0.3) is 0 Å². The largest absolute Gasteiger partial charge is 0.490 e. The molecule has 1 amide bonds. The van der Waals surface area contributed by atoms with E-state index in [4.69, 9.17) is 42.6 Å². The minimum atomic E-state index is -1.21. The van der Waals surface area contributed by atoms with Crippen molar-refractivity contribution in [1.29, 1.82) is 0 Å². The standard InChI is InChI=1S/C49H70FNO12/c1-7-13-22-55-41-29-37(30-42(56-23-14-8-2)45(41)59-26-17-11-5)47(52)61-35-40(34-51-49(54)63-39-21-19-20-36(28-39)33-50)62-48(53)38-31-43(57-24-15-9-3)46(60-27-18-12-6)44(32-38)58-25-16-10-4/h19-21,28-32,40H,7-18,22-27,33-35H2,1-6H3,(H,51,54). The summed E-state index contributed by atoms with van der Waals surface area (Å²) < 4.78 is 67.2. The van der Waals surface area contributed by atoms with Crippen LogP contribution >= 0.6 is 0 Å². The lowest BCUT2D eigenvalue weighted by Crippen LogP contribution is -2.39. The molecule has 0 heterocycles. The molecule has 13 nitrogen and oxygen atoms in total. The molecule has 3 aromatic carbocycles. The normalized spacial score (nSPS) is 11.3. The van der Waals surface area contributed by atoms with E-state index in [2.05, 4.69) is 33.0 Å². The van der Waals surface area contributed by atoms with Gasteiger partial charge in [-0.2, -0.15) is 0 Å². The second kappa shape index (κ2) is 30.6. The monoisotopic (exact) mass is 883 g/mol. The molecule has 3 aromatic rings. The number of benzene rings is 3. The Bertz CT molecular complexity index is 1740. The van der Waals surface area contributed by atoms with Gasteiger partial charge in [0.2, 0.25) is 11.5 Å². The zero-order valence-electron chi connectivity index (χ0n) is 38.3. The van der Waals surface area contributed by atoms with Crippen molar-refractivity contribution in [3.63, 3.8) is 0 Å². The minimum absolute atomic E-state index is 0.0965. The highest BCUT2D eigenvalue weighted by Gasteiger charge is 2.26. The highest BCUT2D eigenvalue weighted by molar-refractivity contribution is 5.92. The molecule has 1 N–H and O–H groups in total. The molecule has 0 saturated carbocycles. The lowest BCUT2D eigenvalue weighted by molar-refractivity contribution is 0.0000458. The first-order chi connectivity index (χ1) is 30.7. The Kier molecular flexibility index (Phi) is 25.2. The number of nitrogens with one attached hydrogen (secondary N) is 1. The fraction of sp³-hybridized carbons (Fsp3) is 0.571. The Morgan fingerprint density at radius 1 is 0.556 bits per heavy atom. The second-order valence-corrected chi connectivity index (χ2v) is 15.0. The highest BCUT2D eigenvalue weighted by Crippen LogP contribution is 2.41. The van der Waals surface area contributed by atoms with E-state index in [1.54, 1.807) is 36.4 Å². The number of hydrogen-bond donors (Lipinski definition) is 1. The Morgan fingerprint density at radius 3 is 1.38 bits per heavy atom. The number of ether oxygens (including phenoxy) is 9. The molecule has 1 unspecified atom stereocenters. The van der Waals surface area contributed by atoms with Gasteiger partial charge in [-0.25, -0.2) is 18.8 Å². The SMILES string of the molecule is CCCCOc1cc(C(=O)OCC(CNC(=O)Oc2cccc(CF)c2)OC(=O)c2cc(OCCCC)c(OCCCC)c(OCCCC)c2)cc(OCCCC)c1OCCCC. The Hall–Kier alpha value is -5.40. The summed E-state index contributed by atoms with van der Waals surface area (Å²) in [4.78, 5) is 40.9. The maximum Gasteiger partial charge on any atom is 0.412 e. The van der Waals surface area contributed by atoms with Crippen LogP contribution in [-0.4, -0.2) is 76.9 Å². The second-order valence-electron chi connectivity index (χ2n) is 15.0. The van der Waals surface area contributed by atoms with Gasteiger partial charge in [-0.05, 0) is 80.5 Å². The average Bonchev–Trinajstić information content (AvgIpc) is 3.28. The van der Waals surface area contributed by atoms with E-state index in [-0.39, 0.29) is 23.4 Å². The predicted molar refractivity (Wildman–Crippen MR) is 240 cm³/mol. The van der Waals surface area contributed by atoms with Crippen LogP contribution in [0.2, 0.25) is 0 Å². The van der Waals surface area contributed by atoms with Gasteiger partial charge in [-0.15, -0.1) is 0 Å². The summed E-state index contributed by atoms with van der Waals surface area (Å²) in [6.45, 7) is 13.2. The fourth-order valence-corrected chi connectivity index (χ4v) is 5.68. The maximum absolute atomic E-state index is 14.1. The van der Waals surface area contributed by atoms with Crippen molar-refractivity contribution in [2.24, 2.45) is 0 Å². The number of hydrogen-bond acceptors (Lipinski definition) is 12. The summed E-state index contributed by atoms with van der Waals surface area (Å²) in [6, 6.07) is 12.2. The van der Waals surface area contributed by atoms with Crippen LogP contribution in [0, 0.1) is 0 Å². The van der Waals surface area contributed by atoms with Gasteiger partial charge in [-0.1, -0.05) is 92.2 Å². The van der Waals surface area contributed by atoms with Gasteiger partial charge < -0.3 is 47.9 Å². The van der Waals surface area contributed by atoms with E-state index in [9.17, 15) is 18.8 Å². The van der Waals surface area contributed by atoms with Crippen LogP contribution in [0.15, 0.2) is 48.5 Å². The molecule has 0 radical (unpaired) electrons. The van der Waals surface area contributed by atoms with E-state index in [0.29, 0.717) is 79.7 Å². The molecular weight excluding hydrogens is 814 g/mol. The minimum Gasteiger partial charge on any atom is -0.490 e. The van der Waals surface area contributed by atoms with Crippen molar-refractivity contribution in [1.82, 2.24) is 5.32 Å². The van der Waals surface area contributed by atoms with E-state index >= 15 is 0 Å². The van der Waals surface area contributed by atoms with E-state index in [0.717, 1.165) is 77.0 Å². The predicted octanol–water partition coefficient (Wildman–Crippen LogP) is 11.4. The third-order valence-electron chi connectivity index (χ3n) is 9.43. The molecule has 63 heavy (non-hydrogen) atoms. The number of esters is 2. The molecule has 0 saturated heterocycles. The van der Waals surface area contributed by atoms with Crippen molar-refractivity contribution in [3.8, 4) is 40.2 Å². The smallest absolute Gasteiger partial charge is 0.412 e. The van der Waals surface area contributed by atoms with E-state index < -0.39 is 37.4 Å². The lowest BCUT2D eigenvalue weighted by Gasteiger charge is -2.21. The van der Waals surface area contributed by atoms with Crippen molar-refractivity contribution >= 4 is 18.0 Å². The zero-order valence-corrected chi connectivity index (χ0v) is 38.3. The first-order valence-electron chi connectivity index (χ1n) is 22.8. The molecule has 0 spiro atoms. The number of amides is 1. The van der Waals surface area contributed by atoms with Gasteiger partial charge >= 0.3 is 18.0 Å². The lowest BCUT2D eigenvalue weighted by atomic mass is 10.1. The van der Waals surface area contributed by atoms with Gasteiger partial charge in [0.15, 0.2) is 29.1 Å². The maximum atomic E-state index is 14.1. The van der Waals surface area contributed by atoms with Gasteiger partial charge in [0.1, 0.15) is 19.0 Å². The van der Waals surface area contributed by atoms with Crippen LogP contribution < -0.4 is 38.5 Å². The van der Waals surface area contributed by atoms with Gasteiger partial charge in [0.25, 0.3) is 0 Å². The number of rotatable bonds is 33. The summed E-state index contributed by atoms with van der Waals surface area (Å²) in [7, 11) is 0. The summed E-state index contributed by atoms with van der Waals surface area (Å²) in [6.07, 6.45) is 8.05. The van der Waals surface area contributed by atoms with E-state index in [1.807, 2.05) is 13.8 Å². The quantitative estimate of drug-likeness (QED) is 0.0459. The van der Waals surface area contributed by atoms with Crippen molar-refractivity contribution in [2.75, 3.05) is 52.8 Å². The summed E-state index contributed by atoms with van der Waals surface area (Å²) >= 11 is 0. The highest BCUT2D eigenvalue weighted by atomic mass is 19.1. The third kappa shape index (κ3) is 18.9. The van der Waals surface area contributed by atoms with Crippen LogP contribution in [0.3, 0.4) is 0 Å². The van der Waals surface area contributed by atoms with Crippen LogP contribution in [0.4, 0.5) is 9.18 Å². The number of carbonyl (C=O) groups excluding carboxylic acids is 3. The molecule has 0 fully saturated rings. The Morgan fingerprint density at radius 2 is 0.968 bits per heavy atom. The van der Waals surface area contributed by atoms with Gasteiger partial charge in [0, 0.05) is 0 Å². The Labute approximate surface area is 373 Å². The van der Waals surface area contributed by atoms with Crippen molar-refractivity contribution in [2.45, 2.75) is 131 Å². The first kappa shape index (κ1) is 51.9. The molecule has 1 atom stereocenters. The summed E-state index contributed by atoms with van der Waals surface area (Å²) in [5, 5.41) is 2.58. The molecule has 0 aromatic heterocycles. The first-order valence-corrected chi connectivity index (χ1v) is 22.8. The number of halogens is 1. The van der Waals surface area contributed by atoms with Crippen molar-refractivity contribution < 1.29 is 61.4 Å². The topological polar surface area (TPSA) is 146 Å². The molecule has 0 aliphatic rings. The van der Waals surface area contributed by atoms with Crippen LogP contribution in [0.5, 0.6) is 40.2 Å². The Balaban J connectivity index is 1.97. The molecule has 0 aliphatic carbocycles. The fourth-order valence-electron chi connectivity index (χ4n) is 5.68. The number of unbranched alkanes of at least 4 members (excludes halogenated alkanes) is 6. The molecule has 0 aliphatic heterocycles. The van der Waals surface area contributed by atoms with Crippen LogP contribution in [0.1, 0.15) is 145 Å². The number of alkyl halides is 1. The van der Waals surface area contributed by atoms with Gasteiger partial charge in [0.05, 0.1) is 57.3 Å². The van der Waals surface area contributed by atoms with Crippen molar-refractivity contribution in [3.05, 3.63) is 65.2 Å². The molecule has 0 bridgehead atoms. The molecule has 14 heteroatoms. The van der Waals surface area contributed by atoms with Gasteiger partial charge in [-0.3, -0.25) is 0 Å². The average molecular weight is 884 g/mol. The molecule has 3 rings (SSSR count). The zero-order chi connectivity index (χ0) is 45.7.